The lowest BCUT2D eigenvalue weighted by Gasteiger charge is -2.34. The van der Waals surface area contributed by atoms with Crippen molar-refractivity contribution in [3.05, 3.63) is 78.4 Å². The molecule has 0 aliphatic carbocycles. The molecule has 0 spiro atoms. The average molecular weight is 673 g/mol. The molecule has 0 unspecified atom stereocenters. The van der Waals surface area contributed by atoms with E-state index in [1.54, 1.807) is 66.2 Å². The third-order valence-electron chi connectivity index (χ3n) is 8.57. The lowest BCUT2D eigenvalue weighted by Crippen LogP contribution is -2.48. The molecule has 1 heterocycles. The highest BCUT2D eigenvalue weighted by Crippen LogP contribution is 2.29. The summed E-state index contributed by atoms with van der Waals surface area (Å²) in [6, 6.07) is 20.8. The maximum atomic E-state index is 13.5. The van der Waals surface area contributed by atoms with Crippen LogP contribution < -0.4 is 26.4 Å². The number of nitrogens with two attached hydrogens (primary N) is 1. The molecule has 0 saturated heterocycles. The summed E-state index contributed by atoms with van der Waals surface area (Å²) in [6.07, 6.45) is 2.09. The number of nitrogen functional groups attached to an aromatic ring is 1. The fourth-order valence-electron chi connectivity index (χ4n) is 5.61. The van der Waals surface area contributed by atoms with Crippen LogP contribution in [0.3, 0.4) is 0 Å². The molecule has 12 heteroatoms. The van der Waals surface area contributed by atoms with Gasteiger partial charge in [-0.3, -0.25) is 14.4 Å². The first kappa shape index (κ1) is 36.7. The van der Waals surface area contributed by atoms with Crippen molar-refractivity contribution in [3.8, 4) is 5.75 Å². The lowest BCUT2D eigenvalue weighted by atomic mass is 10.0. The van der Waals surface area contributed by atoms with Crippen molar-refractivity contribution < 1.29 is 29.0 Å². The Morgan fingerprint density at radius 1 is 0.939 bits per heavy atom. The molecule has 1 aliphatic heterocycles. The van der Waals surface area contributed by atoms with Crippen LogP contribution >= 0.6 is 0 Å². The number of ether oxygens (including phenoxy) is 1. The van der Waals surface area contributed by atoms with Crippen molar-refractivity contribution in [1.82, 2.24) is 9.80 Å². The van der Waals surface area contributed by atoms with Crippen molar-refractivity contribution in [1.29, 1.82) is 0 Å². The van der Waals surface area contributed by atoms with Gasteiger partial charge in [0.15, 0.2) is 0 Å². The van der Waals surface area contributed by atoms with Gasteiger partial charge in [-0.05, 0) is 62.2 Å². The highest BCUT2D eigenvalue weighted by atomic mass is 16.5. The van der Waals surface area contributed by atoms with Crippen LogP contribution in [0.1, 0.15) is 51.5 Å². The van der Waals surface area contributed by atoms with Gasteiger partial charge in [0.1, 0.15) is 11.9 Å². The monoisotopic (exact) mass is 672 g/mol. The molecule has 3 aromatic rings. The van der Waals surface area contributed by atoms with Crippen LogP contribution in [0.5, 0.6) is 5.75 Å². The molecule has 4 rings (SSSR count). The second-order valence-corrected chi connectivity index (χ2v) is 12.6. The Hall–Kier alpha value is -5.10. The fourth-order valence-corrected chi connectivity index (χ4v) is 5.61. The molecule has 5 amide bonds. The number of carbonyl (C=O) groups is 4. The number of nitrogens with one attached hydrogen (secondary N) is 3. The molecule has 6 N–H and O–H groups in total. The molecular weight excluding hydrogens is 624 g/mol. The van der Waals surface area contributed by atoms with Crippen LogP contribution in [0.4, 0.5) is 27.5 Å². The molecule has 0 radical (unpaired) electrons. The van der Waals surface area contributed by atoms with Crippen molar-refractivity contribution in [3.63, 3.8) is 0 Å². The first-order valence-electron chi connectivity index (χ1n) is 16.7. The number of rotatable bonds is 13. The zero-order valence-corrected chi connectivity index (χ0v) is 28.5. The van der Waals surface area contributed by atoms with Gasteiger partial charge < -0.3 is 41.3 Å². The molecule has 12 nitrogen and oxygen atoms in total. The summed E-state index contributed by atoms with van der Waals surface area (Å²) in [5.41, 5.74) is 8.78. The van der Waals surface area contributed by atoms with Crippen LogP contribution in [-0.2, 0) is 20.8 Å². The predicted molar refractivity (Wildman–Crippen MR) is 191 cm³/mol. The van der Waals surface area contributed by atoms with Crippen molar-refractivity contribution in [2.75, 3.05) is 48.4 Å². The van der Waals surface area contributed by atoms with Crippen molar-refractivity contribution in [2.24, 2.45) is 5.92 Å². The van der Waals surface area contributed by atoms with E-state index in [0.29, 0.717) is 66.3 Å². The van der Waals surface area contributed by atoms with Crippen LogP contribution in [-0.4, -0.2) is 77.5 Å². The minimum atomic E-state index is -0.475. The van der Waals surface area contributed by atoms with Crippen molar-refractivity contribution >= 4 is 46.5 Å². The van der Waals surface area contributed by atoms with Gasteiger partial charge in [-0.15, -0.1) is 0 Å². The largest absolute Gasteiger partial charge is 0.488 e. The third-order valence-corrected chi connectivity index (χ3v) is 8.57. The SMILES string of the molecule is C[C@@H]1CN([C@H](C)CO)C(=O)Cc2cc(NC(=O)CCCCCC(=O)Nc3ccccc3N)ccc2O[C@@H]1CN(C)C(=O)Nc1ccccc1. The van der Waals surface area contributed by atoms with E-state index < -0.39 is 12.1 Å². The summed E-state index contributed by atoms with van der Waals surface area (Å²) in [7, 11) is 1.69. The van der Waals surface area contributed by atoms with Gasteiger partial charge in [0, 0.05) is 49.3 Å². The molecule has 262 valence electrons. The molecule has 49 heavy (non-hydrogen) atoms. The Morgan fingerprint density at radius 3 is 2.31 bits per heavy atom. The number of para-hydroxylation sites is 3. The van der Waals surface area contributed by atoms with E-state index >= 15 is 0 Å². The van der Waals surface area contributed by atoms with Gasteiger partial charge in [0.25, 0.3) is 0 Å². The Kier molecular flexibility index (Phi) is 13.4. The first-order chi connectivity index (χ1) is 23.5. The summed E-state index contributed by atoms with van der Waals surface area (Å²) < 4.78 is 6.51. The van der Waals surface area contributed by atoms with Gasteiger partial charge in [0.05, 0.1) is 37.0 Å². The van der Waals surface area contributed by atoms with Gasteiger partial charge in [-0.2, -0.15) is 0 Å². The lowest BCUT2D eigenvalue weighted by molar-refractivity contribution is -0.134. The van der Waals surface area contributed by atoms with Crippen LogP contribution in [0.2, 0.25) is 0 Å². The number of benzene rings is 3. The number of fused-ring (bicyclic) bond motifs is 1. The fraction of sp³-hybridized carbons (Fsp3) is 0.405. The average Bonchev–Trinajstić information content (AvgIpc) is 3.12. The normalized spacial score (nSPS) is 16.6. The van der Waals surface area contributed by atoms with E-state index in [-0.39, 0.29) is 55.7 Å². The molecule has 0 bridgehead atoms. The number of unbranched alkanes of at least 4 members (excludes halogenated alkanes) is 2. The number of amides is 5. The third kappa shape index (κ3) is 11.0. The number of aliphatic hydroxyl groups is 1. The second-order valence-electron chi connectivity index (χ2n) is 12.6. The number of aliphatic hydroxyl groups excluding tert-OH is 1. The maximum Gasteiger partial charge on any atom is 0.321 e. The van der Waals surface area contributed by atoms with E-state index in [2.05, 4.69) is 16.0 Å². The van der Waals surface area contributed by atoms with Gasteiger partial charge >= 0.3 is 6.03 Å². The quantitative estimate of drug-likeness (QED) is 0.124. The number of carbonyl (C=O) groups excluding carboxylic acids is 4. The highest BCUT2D eigenvalue weighted by molar-refractivity contribution is 5.94. The van der Waals surface area contributed by atoms with E-state index in [1.165, 1.54) is 0 Å². The minimum Gasteiger partial charge on any atom is -0.488 e. The number of anilines is 4. The summed E-state index contributed by atoms with van der Waals surface area (Å²) in [5, 5.41) is 18.5. The Labute approximate surface area is 288 Å². The zero-order chi connectivity index (χ0) is 35.3. The number of hydrogen-bond acceptors (Lipinski definition) is 7. The van der Waals surface area contributed by atoms with Crippen LogP contribution in [0, 0.1) is 5.92 Å². The van der Waals surface area contributed by atoms with Gasteiger partial charge in [-0.1, -0.05) is 43.7 Å². The topological polar surface area (TPSA) is 166 Å². The number of hydrogen-bond donors (Lipinski definition) is 5. The highest BCUT2D eigenvalue weighted by Gasteiger charge is 2.32. The van der Waals surface area contributed by atoms with Gasteiger partial charge in [-0.25, -0.2) is 4.79 Å². The number of urea groups is 1. The molecule has 1 aliphatic rings. The molecule has 3 aromatic carbocycles. The Morgan fingerprint density at radius 2 is 1.61 bits per heavy atom. The number of nitrogens with zero attached hydrogens (tertiary/aromatic N) is 2. The summed E-state index contributed by atoms with van der Waals surface area (Å²) in [4.78, 5) is 54.8. The smallest absolute Gasteiger partial charge is 0.321 e. The minimum absolute atomic E-state index is 0.0177. The predicted octanol–water partition coefficient (Wildman–Crippen LogP) is 5.11. The Balaban J connectivity index is 1.37. The molecule has 0 fully saturated rings. The van der Waals surface area contributed by atoms with Crippen molar-refractivity contribution in [2.45, 2.75) is 64.5 Å². The molecule has 3 atom stereocenters. The van der Waals surface area contributed by atoms with E-state index in [4.69, 9.17) is 10.5 Å². The molecule has 0 aromatic heterocycles. The first-order valence-corrected chi connectivity index (χ1v) is 16.7. The Bertz CT molecular complexity index is 1580. The van der Waals surface area contributed by atoms with E-state index in [1.807, 2.05) is 37.3 Å². The molecule has 0 saturated carbocycles. The molecular formula is C37H48N6O6. The maximum absolute atomic E-state index is 13.5. The zero-order valence-electron chi connectivity index (χ0n) is 28.5. The summed E-state index contributed by atoms with van der Waals surface area (Å²) in [5.74, 6) is -0.158. The second kappa shape index (κ2) is 17.9. The van der Waals surface area contributed by atoms with Crippen LogP contribution in [0.15, 0.2) is 72.8 Å². The van der Waals surface area contributed by atoms with Gasteiger partial charge in [0.2, 0.25) is 17.7 Å². The summed E-state index contributed by atoms with van der Waals surface area (Å²) in [6.45, 7) is 4.14. The number of likely N-dealkylation sites (N-methyl/N-ethyl adjacent to an activating group) is 1. The van der Waals surface area contributed by atoms with Crippen LogP contribution in [0.25, 0.3) is 0 Å². The van der Waals surface area contributed by atoms with E-state index in [0.717, 1.165) is 0 Å². The standard InChI is InChI=1S/C37H48N6O6/c1-25-22-43(26(2)24-44)36(47)21-27-20-29(39-34(45)16-8-5-9-17-35(46)41-31-15-11-10-14-30(31)38)18-19-32(27)49-33(25)23-42(3)37(48)40-28-12-6-4-7-13-28/h4,6-7,10-15,18-20,25-26,33,44H,5,8-9,16-17,21-24,38H2,1-3H3,(H,39,45)(H,40,48)(H,41,46)/t25-,26-,33-/m1/s1. The van der Waals surface area contributed by atoms with E-state index in [9.17, 15) is 24.3 Å². The summed E-state index contributed by atoms with van der Waals surface area (Å²) >= 11 is 0.